The number of hydrogen-bond acceptors (Lipinski definition) is 2. The van der Waals surface area contributed by atoms with E-state index in [1.54, 1.807) is 24.5 Å². The maximum atomic E-state index is 14.0. The molecule has 4 rings (SSSR count). The predicted octanol–water partition coefficient (Wildman–Crippen LogP) is 4.93. The predicted molar refractivity (Wildman–Crippen MR) is 101 cm³/mol. The quantitative estimate of drug-likeness (QED) is 0.553. The lowest BCUT2D eigenvalue weighted by atomic mass is 10.1. The van der Waals surface area contributed by atoms with E-state index in [0.29, 0.717) is 22.3 Å². The molecule has 0 saturated heterocycles. The highest BCUT2D eigenvalue weighted by molar-refractivity contribution is 6.06. The second-order valence-electron chi connectivity index (χ2n) is 6.11. The van der Waals surface area contributed by atoms with Crippen LogP contribution in [0.1, 0.15) is 16.1 Å². The van der Waals surface area contributed by atoms with Gasteiger partial charge in [0.05, 0.1) is 5.52 Å². The highest BCUT2D eigenvalue weighted by Crippen LogP contribution is 2.24. The third-order valence-electron chi connectivity index (χ3n) is 4.33. The standard InChI is InChI=1S/C21H16FN3O/c1-13-5-6-18(22)17-12-19(25-20(13)17)21(26)24-16-4-2-3-15(11-16)14-7-9-23-10-8-14/h2-12,25H,1H3,(H,24,26). The zero-order chi connectivity index (χ0) is 18.1. The molecule has 0 atom stereocenters. The minimum absolute atomic E-state index is 0.313. The maximum Gasteiger partial charge on any atom is 0.272 e. The summed E-state index contributed by atoms with van der Waals surface area (Å²) in [6.07, 6.45) is 3.45. The number of aromatic nitrogens is 2. The molecular weight excluding hydrogens is 329 g/mol. The van der Waals surface area contributed by atoms with Crippen molar-refractivity contribution in [2.24, 2.45) is 0 Å². The number of halogens is 1. The Balaban J connectivity index is 1.63. The summed E-state index contributed by atoms with van der Waals surface area (Å²) >= 11 is 0. The van der Waals surface area contributed by atoms with Gasteiger partial charge in [0, 0.05) is 23.5 Å². The fourth-order valence-electron chi connectivity index (χ4n) is 2.97. The van der Waals surface area contributed by atoms with Gasteiger partial charge in [0.25, 0.3) is 5.91 Å². The molecule has 2 aromatic carbocycles. The molecule has 0 fully saturated rings. The lowest BCUT2D eigenvalue weighted by Crippen LogP contribution is -2.12. The molecule has 5 heteroatoms. The van der Waals surface area contributed by atoms with Crippen LogP contribution in [0.5, 0.6) is 0 Å². The van der Waals surface area contributed by atoms with E-state index in [1.807, 2.05) is 43.3 Å². The third-order valence-corrected chi connectivity index (χ3v) is 4.33. The van der Waals surface area contributed by atoms with Crippen molar-refractivity contribution < 1.29 is 9.18 Å². The van der Waals surface area contributed by atoms with Gasteiger partial charge in [-0.1, -0.05) is 18.2 Å². The number of aryl methyl sites for hydroxylation is 1. The van der Waals surface area contributed by atoms with Crippen LogP contribution < -0.4 is 5.32 Å². The number of carbonyl (C=O) groups is 1. The molecule has 0 spiro atoms. The Morgan fingerprint density at radius 2 is 1.85 bits per heavy atom. The number of hydrogen-bond donors (Lipinski definition) is 2. The molecule has 0 radical (unpaired) electrons. The number of pyridine rings is 1. The van der Waals surface area contributed by atoms with E-state index < -0.39 is 0 Å². The van der Waals surface area contributed by atoms with Crippen LogP contribution in [0.3, 0.4) is 0 Å². The summed E-state index contributed by atoms with van der Waals surface area (Å²) in [5.41, 5.74) is 4.51. The van der Waals surface area contributed by atoms with E-state index in [1.165, 1.54) is 6.07 Å². The molecule has 2 heterocycles. The van der Waals surface area contributed by atoms with Crippen molar-refractivity contribution in [3.05, 3.63) is 84.1 Å². The molecule has 128 valence electrons. The van der Waals surface area contributed by atoms with Gasteiger partial charge in [-0.25, -0.2) is 4.39 Å². The zero-order valence-corrected chi connectivity index (χ0v) is 14.1. The highest BCUT2D eigenvalue weighted by atomic mass is 19.1. The van der Waals surface area contributed by atoms with E-state index in [9.17, 15) is 9.18 Å². The molecular formula is C21H16FN3O. The second kappa shape index (κ2) is 6.44. The molecule has 2 N–H and O–H groups in total. The Morgan fingerprint density at radius 1 is 1.04 bits per heavy atom. The van der Waals surface area contributed by atoms with Crippen molar-refractivity contribution in [3.63, 3.8) is 0 Å². The first-order valence-corrected chi connectivity index (χ1v) is 8.21. The Hall–Kier alpha value is -3.47. The molecule has 0 unspecified atom stereocenters. The second-order valence-corrected chi connectivity index (χ2v) is 6.11. The van der Waals surface area contributed by atoms with Gasteiger partial charge >= 0.3 is 0 Å². The van der Waals surface area contributed by atoms with Crippen LogP contribution in [0.4, 0.5) is 10.1 Å². The number of fused-ring (bicyclic) bond motifs is 1. The van der Waals surface area contributed by atoms with Crippen LogP contribution in [0, 0.1) is 12.7 Å². The molecule has 4 nitrogen and oxygen atoms in total. The van der Waals surface area contributed by atoms with Gasteiger partial charge in [0.1, 0.15) is 11.5 Å². The van der Waals surface area contributed by atoms with Crippen LogP contribution in [-0.4, -0.2) is 15.9 Å². The number of amides is 1. The zero-order valence-electron chi connectivity index (χ0n) is 14.1. The first-order chi connectivity index (χ1) is 12.6. The molecule has 0 aliphatic rings. The Bertz CT molecular complexity index is 1060. The van der Waals surface area contributed by atoms with Crippen LogP contribution in [0.15, 0.2) is 67.0 Å². The SMILES string of the molecule is Cc1ccc(F)c2cc(C(=O)Nc3cccc(-c4ccncc4)c3)[nH]c12. The monoisotopic (exact) mass is 345 g/mol. The number of nitrogens with zero attached hydrogens (tertiary/aromatic N) is 1. The molecule has 26 heavy (non-hydrogen) atoms. The van der Waals surface area contributed by atoms with E-state index in [-0.39, 0.29) is 11.7 Å². The summed E-state index contributed by atoms with van der Waals surface area (Å²) < 4.78 is 14.0. The van der Waals surface area contributed by atoms with Crippen LogP contribution in [-0.2, 0) is 0 Å². The van der Waals surface area contributed by atoms with Gasteiger partial charge in [-0.15, -0.1) is 0 Å². The molecule has 0 aliphatic heterocycles. The van der Waals surface area contributed by atoms with Gasteiger partial charge in [-0.3, -0.25) is 9.78 Å². The molecule has 4 aromatic rings. The molecule has 0 saturated carbocycles. The smallest absolute Gasteiger partial charge is 0.272 e. The summed E-state index contributed by atoms with van der Waals surface area (Å²) in [5, 5.41) is 3.28. The van der Waals surface area contributed by atoms with Gasteiger partial charge in [-0.2, -0.15) is 0 Å². The average molecular weight is 345 g/mol. The fraction of sp³-hybridized carbons (Fsp3) is 0.0476. The number of anilines is 1. The van der Waals surface area contributed by atoms with Gasteiger partial charge in [0.15, 0.2) is 0 Å². The van der Waals surface area contributed by atoms with E-state index in [2.05, 4.69) is 15.3 Å². The summed E-state index contributed by atoms with van der Waals surface area (Å²) in [6, 6.07) is 16.0. The van der Waals surface area contributed by atoms with Crippen LogP contribution in [0.2, 0.25) is 0 Å². The number of benzene rings is 2. The Morgan fingerprint density at radius 3 is 2.62 bits per heavy atom. The van der Waals surface area contributed by atoms with E-state index >= 15 is 0 Å². The summed E-state index contributed by atoms with van der Waals surface area (Å²) in [6.45, 7) is 1.87. The normalized spacial score (nSPS) is 10.8. The lowest BCUT2D eigenvalue weighted by Gasteiger charge is -2.07. The van der Waals surface area contributed by atoms with Crippen molar-refractivity contribution in [3.8, 4) is 11.1 Å². The Kier molecular flexibility index (Phi) is 3.97. The molecule has 0 bridgehead atoms. The van der Waals surface area contributed by atoms with Gasteiger partial charge < -0.3 is 10.3 Å². The van der Waals surface area contributed by atoms with Crippen molar-refractivity contribution in [1.29, 1.82) is 0 Å². The fourth-order valence-corrected chi connectivity index (χ4v) is 2.97. The first-order valence-electron chi connectivity index (χ1n) is 8.21. The van der Waals surface area contributed by atoms with Gasteiger partial charge in [0.2, 0.25) is 0 Å². The number of H-pyrrole nitrogens is 1. The van der Waals surface area contributed by atoms with Crippen molar-refractivity contribution in [2.75, 3.05) is 5.32 Å². The maximum absolute atomic E-state index is 14.0. The first kappa shape index (κ1) is 16.0. The number of nitrogens with one attached hydrogen (secondary N) is 2. The highest BCUT2D eigenvalue weighted by Gasteiger charge is 2.13. The number of carbonyl (C=O) groups excluding carboxylic acids is 1. The number of rotatable bonds is 3. The van der Waals surface area contributed by atoms with Crippen LogP contribution in [0.25, 0.3) is 22.0 Å². The number of aromatic amines is 1. The lowest BCUT2D eigenvalue weighted by molar-refractivity contribution is 0.102. The summed E-state index contributed by atoms with van der Waals surface area (Å²) in [5.74, 6) is -0.660. The largest absolute Gasteiger partial charge is 0.350 e. The van der Waals surface area contributed by atoms with Crippen molar-refractivity contribution in [1.82, 2.24) is 9.97 Å². The minimum Gasteiger partial charge on any atom is -0.350 e. The third kappa shape index (κ3) is 2.95. The molecule has 2 aromatic heterocycles. The summed E-state index contributed by atoms with van der Waals surface area (Å²) in [4.78, 5) is 19.6. The van der Waals surface area contributed by atoms with E-state index in [0.717, 1.165) is 16.7 Å². The molecule has 0 aliphatic carbocycles. The summed E-state index contributed by atoms with van der Waals surface area (Å²) in [7, 11) is 0. The Labute approximate surface area is 149 Å². The van der Waals surface area contributed by atoms with Crippen LogP contribution >= 0.6 is 0 Å². The molecule has 1 amide bonds. The topological polar surface area (TPSA) is 57.8 Å². The van der Waals surface area contributed by atoms with Gasteiger partial charge in [-0.05, 0) is 60.0 Å². The van der Waals surface area contributed by atoms with Crippen molar-refractivity contribution in [2.45, 2.75) is 6.92 Å². The van der Waals surface area contributed by atoms with E-state index in [4.69, 9.17) is 0 Å². The van der Waals surface area contributed by atoms with Crippen molar-refractivity contribution >= 4 is 22.5 Å². The minimum atomic E-state index is -0.347. The average Bonchev–Trinajstić information content (AvgIpc) is 3.13.